The number of aryl methyl sites for hydroxylation is 2. The van der Waals surface area contributed by atoms with E-state index in [1.165, 1.54) is 5.56 Å². The van der Waals surface area contributed by atoms with Crippen LogP contribution in [-0.4, -0.2) is 29.3 Å². The summed E-state index contributed by atoms with van der Waals surface area (Å²) < 4.78 is 3.87. The summed E-state index contributed by atoms with van der Waals surface area (Å²) >= 11 is 1.65. The van der Waals surface area contributed by atoms with Crippen molar-refractivity contribution in [3.63, 3.8) is 0 Å². The predicted octanol–water partition coefficient (Wildman–Crippen LogP) is 4.51. The highest BCUT2D eigenvalue weighted by Crippen LogP contribution is 2.29. The average molecular weight is 416 g/mol. The minimum Gasteiger partial charge on any atom is -0.364 e. The Hall–Kier alpha value is -3.52. The first kappa shape index (κ1) is 18.5. The Morgan fingerprint density at radius 3 is 2.60 bits per heavy atom. The molecule has 8 heteroatoms. The van der Waals surface area contributed by atoms with Crippen LogP contribution < -0.4 is 5.32 Å². The van der Waals surface area contributed by atoms with Crippen LogP contribution >= 0.6 is 11.3 Å². The molecule has 7 nitrogen and oxygen atoms in total. The van der Waals surface area contributed by atoms with Crippen molar-refractivity contribution < 1.29 is 0 Å². The molecule has 0 amide bonds. The molecule has 0 fully saturated rings. The van der Waals surface area contributed by atoms with Crippen molar-refractivity contribution in [2.75, 3.05) is 5.32 Å². The highest BCUT2D eigenvalue weighted by atomic mass is 32.1. The summed E-state index contributed by atoms with van der Waals surface area (Å²) in [7, 11) is 1.94. The summed E-state index contributed by atoms with van der Waals surface area (Å²) in [4.78, 5) is 14.4. The van der Waals surface area contributed by atoms with E-state index >= 15 is 0 Å². The third kappa shape index (κ3) is 3.15. The number of fused-ring (bicyclic) bond motifs is 1. The third-order valence-electron chi connectivity index (χ3n) is 5.22. The lowest BCUT2D eigenvalue weighted by Crippen LogP contribution is -2.05. The number of rotatable bonds is 5. The number of benzene rings is 1. The van der Waals surface area contributed by atoms with E-state index in [9.17, 15) is 0 Å². The standard InChI is InChI=1S/C22H21N7S/c1-14-18(15(2)28(3)27-14)20-25-21(23-11-16-7-5-4-6-8-16)19-22(26-20)29(13-24-19)17-9-10-30-12-17/h4-10,12-13H,11H2,1-3H3,(H,23,25,26). The molecule has 0 saturated carbocycles. The Labute approximate surface area is 178 Å². The molecule has 5 rings (SSSR count). The predicted molar refractivity (Wildman–Crippen MR) is 120 cm³/mol. The summed E-state index contributed by atoms with van der Waals surface area (Å²) in [5.74, 6) is 1.37. The number of imidazole rings is 1. The zero-order valence-corrected chi connectivity index (χ0v) is 17.8. The molecule has 0 unspecified atom stereocenters. The molecule has 150 valence electrons. The van der Waals surface area contributed by atoms with E-state index < -0.39 is 0 Å². The van der Waals surface area contributed by atoms with Gasteiger partial charge in [-0.15, -0.1) is 0 Å². The van der Waals surface area contributed by atoms with Crippen LogP contribution in [0.5, 0.6) is 0 Å². The van der Waals surface area contributed by atoms with E-state index in [1.54, 1.807) is 11.3 Å². The van der Waals surface area contributed by atoms with Gasteiger partial charge in [0, 0.05) is 24.7 Å². The molecule has 0 aliphatic rings. The van der Waals surface area contributed by atoms with Crippen LogP contribution in [0.4, 0.5) is 5.82 Å². The minimum absolute atomic E-state index is 0.651. The van der Waals surface area contributed by atoms with Crippen molar-refractivity contribution in [2.24, 2.45) is 7.05 Å². The number of hydrogen-bond acceptors (Lipinski definition) is 6. The molecule has 1 N–H and O–H groups in total. The number of aromatic nitrogens is 6. The average Bonchev–Trinajstić information content (AvgIpc) is 3.47. The molecule has 0 aliphatic heterocycles. The Morgan fingerprint density at radius 1 is 1.07 bits per heavy atom. The lowest BCUT2D eigenvalue weighted by Gasteiger charge is -2.10. The second-order valence-electron chi connectivity index (χ2n) is 7.17. The lowest BCUT2D eigenvalue weighted by molar-refractivity contribution is 0.731. The van der Waals surface area contributed by atoms with Gasteiger partial charge in [-0.25, -0.2) is 15.0 Å². The second-order valence-corrected chi connectivity index (χ2v) is 7.95. The summed E-state index contributed by atoms with van der Waals surface area (Å²) in [6.45, 7) is 4.68. The fourth-order valence-electron chi connectivity index (χ4n) is 3.60. The summed E-state index contributed by atoms with van der Waals surface area (Å²) in [6, 6.07) is 12.3. The van der Waals surface area contributed by atoms with Gasteiger partial charge in [-0.3, -0.25) is 9.25 Å². The van der Waals surface area contributed by atoms with Gasteiger partial charge in [0.25, 0.3) is 0 Å². The molecule has 1 aromatic carbocycles. The van der Waals surface area contributed by atoms with E-state index in [-0.39, 0.29) is 0 Å². The van der Waals surface area contributed by atoms with E-state index in [0.717, 1.165) is 39.6 Å². The first-order chi connectivity index (χ1) is 14.6. The van der Waals surface area contributed by atoms with Crippen molar-refractivity contribution >= 4 is 28.3 Å². The van der Waals surface area contributed by atoms with Crippen molar-refractivity contribution in [3.05, 3.63) is 70.4 Å². The monoisotopic (exact) mass is 415 g/mol. The third-order valence-corrected chi connectivity index (χ3v) is 5.89. The summed E-state index contributed by atoms with van der Waals surface area (Å²) in [5.41, 5.74) is 6.64. The Bertz CT molecular complexity index is 1320. The van der Waals surface area contributed by atoms with E-state index in [4.69, 9.17) is 9.97 Å². The number of thiophene rings is 1. The zero-order chi connectivity index (χ0) is 20.7. The summed E-state index contributed by atoms with van der Waals surface area (Å²) in [6.07, 6.45) is 1.81. The second kappa shape index (κ2) is 7.38. The van der Waals surface area contributed by atoms with Gasteiger partial charge in [0.05, 0.1) is 16.9 Å². The molecule has 0 atom stereocenters. The summed E-state index contributed by atoms with van der Waals surface area (Å²) in [5, 5.41) is 12.1. The molecule has 4 aromatic heterocycles. The highest BCUT2D eigenvalue weighted by Gasteiger charge is 2.20. The van der Waals surface area contributed by atoms with Crippen LogP contribution in [-0.2, 0) is 13.6 Å². The Balaban J connectivity index is 1.67. The van der Waals surface area contributed by atoms with Gasteiger partial charge in [0.15, 0.2) is 22.8 Å². The molecule has 4 heterocycles. The molecule has 30 heavy (non-hydrogen) atoms. The fourth-order valence-corrected chi connectivity index (χ4v) is 4.23. The molecule has 5 aromatic rings. The van der Waals surface area contributed by atoms with Crippen molar-refractivity contribution in [2.45, 2.75) is 20.4 Å². The number of hydrogen-bond donors (Lipinski definition) is 1. The molecular weight excluding hydrogens is 394 g/mol. The Morgan fingerprint density at radius 2 is 1.90 bits per heavy atom. The van der Waals surface area contributed by atoms with E-state index in [2.05, 4.69) is 39.0 Å². The van der Waals surface area contributed by atoms with Crippen molar-refractivity contribution in [1.29, 1.82) is 0 Å². The lowest BCUT2D eigenvalue weighted by atomic mass is 10.2. The maximum Gasteiger partial charge on any atom is 0.170 e. The van der Waals surface area contributed by atoms with Crippen LogP contribution in [0.25, 0.3) is 28.2 Å². The van der Waals surface area contributed by atoms with Crippen LogP contribution in [0, 0.1) is 13.8 Å². The molecule has 0 aliphatic carbocycles. The number of anilines is 1. The van der Waals surface area contributed by atoms with E-state index in [0.29, 0.717) is 12.4 Å². The highest BCUT2D eigenvalue weighted by molar-refractivity contribution is 7.08. The minimum atomic E-state index is 0.651. The first-order valence-corrected chi connectivity index (χ1v) is 10.6. The van der Waals surface area contributed by atoms with Crippen molar-refractivity contribution in [3.8, 4) is 17.1 Å². The SMILES string of the molecule is Cc1nn(C)c(C)c1-c1nc(NCc2ccccc2)c2ncn(-c3ccsc3)c2n1. The van der Waals surface area contributed by atoms with Crippen LogP contribution in [0.15, 0.2) is 53.5 Å². The topological polar surface area (TPSA) is 73.5 Å². The molecule has 0 spiro atoms. The molecule has 0 bridgehead atoms. The van der Waals surface area contributed by atoms with E-state index in [1.807, 2.05) is 60.1 Å². The van der Waals surface area contributed by atoms with Gasteiger partial charge >= 0.3 is 0 Å². The van der Waals surface area contributed by atoms with Crippen molar-refractivity contribution in [1.82, 2.24) is 29.3 Å². The molecule has 0 saturated heterocycles. The molecule has 0 radical (unpaired) electrons. The quantitative estimate of drug-likeness (QED) is 0.457. The van der Waals surface area contributed by atoms with Gasteiger partial charge in [-0.2, -0.15) is 16.4 Å². The normalized spacial score (nSPS) is 11.3. The van der Waals surface area contributed by atoms with Gasteiger partial charge < -0.3 is 5.32 Å². The first-order valence-electron chi connectivity index (χ1n) is 9.68. The largest absolute Gasteiger partial charge is 0.364 e. The van der Waals surface area contributed by atoms with Gasteiger partial charge in [-0.1, -0.05) is 30.3 Å². The van der Waals surface area contributed by atoms with Crippen LogP contribution in [0.3, 0.4) is 0 Å². The van der Waals surface area contributed by atoms with Gasteiger partial charge in [-0.05, 0) is 30.9 Å². The zero-order valence-electron chi connectivity index (χ0n) is 17.0. The fraction of sp³-hybridized carbons (Fsp3) is 0.182. The van der Waals surface area contributed by atoms with Gasteiger partial charge in [0.2, 0.25) is 0 Å². The van der Waals surface area contributed by atoms with Crippen LogP contribution in [0.2, 0.25) is 0 Å². The number of nitrogens with zero attached hydrogens (tertiary/aromatic N) is 6. The maximum atomic E-state index is 4.91. The Kier molecular flexibility index (Phi) is 4.55. The number of nitrogens with one attached hydrogen (secondary N) is 1. The van der Waals surface area contributed by atoms with Crippen LogP contribution in [0.1, 0.15) is 17.0 Å². The van der Waals surface area contributed by atoms with Gasteiger partial charge in [0.1, 0.15) is 6.33 Å². The molecular formula is C22H21N7S. The smallest absolute Gasteiger partial charge is 0.170 e. The maximum absolute atomic E-state index is 4.91.